The van der Waals surface area contributed by atoms with Crippen LogP contribution in [0.4, 0.5) is 18.9 Å². The lowest BCUT2D eigenvalue weighted by Crippen LogP contribution is -2.41. The highest BCUT2D eigenvalue weighted by Gasteiger charge is 2.32. The zero-order chi connectivity index (χ0) is 22.2. The third kappa shape index (κ3) is 4.14. The van der Waals surface area contributed by atoms with Crippen molar-refractivity contribution in [2.45, 2.75) is 11.4 Å². The Balaban J connectivity index is 1.76. The van der Waals surface area contributed by atoms with E-state index in [0.717, 1.165) is 18.2 Å². The number of guanidine groups is 1. The van der Waals surface area contributed by atoms with Gasteiger partial charge in [0.15, 0.2) is 23.1 Å². The molecule has 2 aromatic carbocycles. The van der Waals surface area contributed by atoms with Gasteiger partial charge in [0.25, 0.3) is 10.0 Å². The SMILES string of the molecule is O=S1(=O)NC(=NCc2ncccc2F)Nc2c1ccc(F)c2Oc1c(F)cccc1Cl. The Bertz CT molecular complexity index is 1300. The van der Waals surface area contributed by atoms with Crippen LogP contribution in [-0.2, 0) is 16.6 Å². The number of rotatable bonds is 4. The average molecular weight is 469 g/mol. The standard InChI is InChI=1S/C19H12ClF3N4O3S/c20-10-3-1-4-12(22)17(10)30-18-13(23)6-7-15-16(18)26-19(27-31(15,28)29)25-9-14-11(21)5-2-8-24-14/h1-8H,9H2,(H2,25,26,27). The van der Waals surface area contributed by atoms with Gasteiger partial charge in [-0.05, 0) is 36.4 Å². The molecule has 0 saturated carbocycles. The van der Waals surface area contributed by atoms with E-state index >= 15 is 0 Å². The number of pyridine rings is 1. The Morgan fingerprint density at radius 2 is 1.74 bits per heavy atom. The third-order valence-electron chi connectivity index (χ3n) is 4.18. The quantitative estimate of drug-likeness (QED) is 0.598. The highest BCUT2D eigenvalue weighted by molar-refractivity contribution is 7.90. The van der Waals surface area contributed by atoms with Crippen LogP contribution in [0.3, 0.4) is 0 Å². The maximum Gasteiger partial charge on any atom is 0.266 e. The number of para-hydroxylation sites is 1. The van der Waals surface area contributed by atoms with Crippen LogP contribution in [0, 0.1) is 17.5 Å². The van der Waals surface area contributed by atoms with E-state index in [1.807, 2.05) is 0 Å². The lowest BCUT2D eigenvalue weighted by Gasteiger charge is -2.24. The van der Waals surface area contributed by atoms with Crippen molar-refractivity contribution < 1.29 is 26.3 Å². The van der Waals surface area contributed by atoms with Crippen LogP contribution in [-0.4, -0.2) is 19.4 Å². The molecule has 0 fully saturated rings. The maximum absolute atomic E-state index is 14.6. The second-order valence-corrected chi connectivity index (χ2v) is 8.29. The van der Waals surface area contributed by atoms with Gasteiger partial charge in [-0.15, -0.1) is 0 Å². The van der Waals surface area contributed by atoms with E-state index in [4.69, 9.17) is 16.3 Å². The van der Waals surface area contributed by atoms with Crippen LogP contribution in [0.5, 0.6) is 11.5 Å². The molecule has 0 unspecified atom stereocenters. The minimum absolute atomic E-state index is 0.0318. The fraction of sp³-hybridized carbons (Fsp3) is 0.0526. The van der Waals surface area contributed by atoms with Crippen LogP contribution < -0.4 is 14.8 Å². The molecule has 7 nitrogen and oxygen atoms in total. The first-order valence-electron chi connectivity index (χ1n) is 8.64. The molecular weight excluding hydrogens is 457 g/mol. The molecule has 0 saturated heterocycles. The summed E-state index contributed by atoms with van der Waals surface area (Å²) in [7, 11) is -4.19. The molecule has 31 heavy (non-hydrogen) atoms. The molecule has 0 spiro atoms. The molecule has 4 rings (SSSR count). The van der Waals surface area contributed by atoms with E-state index in [-0.39, 0.29) is 33.8 Å². The number of aromatic nitrogens is 1. The maximum atomic E-state index is 14.6. The number of fused-ring (bicyclic) bond motifs is 1. The van der Waals surface area contributed by atoms with Gasteiger partial charge in [0, 0.05) is 6.20 Å². The van der Waals surface area contributed by atoms with E-state index in [0.29, 0.717) is 0 Å². The van der Waals surface area contributed by atoms with E-state index in [9.17, 15) is 21.6 Å². The van der Waals surface area contributed by atoms with E-state index in [1.165, 1.54) is 30.5 Å². The molecule has 0 aliphatic carbocycles. The van der Waals surface area contributed by atoms with Crippen molar-refractivity contribution in [1.29, 1.82) is 0 Å². The number of hydrogen-bond donors (Lipinski definition) is 2. The summed E-state index contributed by atoms with van der Waals surface area (Å²) < 4.78 is 75.2. The summed E-state index contributed by atoms with van der Waals surface area (Å²) in [5.74, 6) is -3.89. The molecule has 0 radical (unpaired) electrons. The number of nitrogens with one attached hydrogen (secondary N) is 2. The Kier molecular flexibility index (Phi) is 5.46. The van der Waals surface area contributed by atoms with E-state index in [2.05, 4.69) is 20.0 Å². The number of ether oxygens (including phenoxy) is 1. The summed E-state index contributed by atoms with van der Waals surface area (Å²) >= 11 is 5.93. The first kappa shape index (κ1) is 20.9. The normalized spacial score (nSPS) is 15.7. The summed E-state index contributed by atoms with van der Waals surface area (Å²) in [4.78, 5) is 7.42. The Labute approximate surface area is 179 Å². The molecule has 0 bridgehead atoms. The molecule has 160 valence electrons. The Hall–Kier alpha value is -3.31. The molecular formula is C19H12ClF3N4O3S. The highest BCUT2D eigenvalue weighted by atomic mass is 35.5. The van der Waals surface area contributed by atoms with Crippen molar-refractivity contribution in [1.82, 2.24) is 9.71 Å². The van der Waals surface area contributed by atoms with Crippen LogP contribution in [0.2, 0.25) is 5.02 Å². The predicted octanol–water partition coefficient (Wildman–Crippen LogP) is 4.20. The number of nitrogens with zero attached hydrogens (tertiary/aromatic N) is 2. The van der Waals surface area contributed by atoms with Gasteiger partial charge in [-0.25, -0.2) is 31.3 Å². The first-order valence-corrected chi connectivity index (χ1v) is 10.5. The zero-order valence-corrected chi connectivity index (χ0v) is 16.9. The number of halogens is 4. The molecule has 0 atom stereocenters. The van der Waals surface area contributed by atoms with Gasteiger partial charge in [0.1, 0.15) is 16.4 Å². The summed E-state index contributed by atoms with van der Waals surface area (Å²) in [6, 6.07) is 8.14. The van der Waals surface area contributed by atoms with Crippen LogP contribution >= 0.6 is 11.6 Å². The fourth-order valence-electron chi connectivity index (χ4n) is 2.75. The van der Waals surface area contributed by atoms with E-state index in [1.54, 1.807) is 0 Å². The molecule has 3 aromatic rings. The highest BCUT2D eigenvalue weighted by Crippen LogP contribution is 2.41. The topological polar surface area (TPSA) is 92.7 Å². The van der Waals surface area contributed by atoms with Gasteiger partial charge in [-0.3, -0.25) is 4.98 Å². The summed E-state index contributed by atoms with van der Waals surface area (Å²) in [6.07, 6.45) is 1.35. The molecule has 12 heteroatoms. The van der Waals surface area contributed by atoms with Crippen molar-refractivity contribution in [2.24, 2.45) is 4.99 Å². The first-order chi connectivity index (χ1) is 14.8. The minimum atomic E-state index is -4.19. The van der Waals surface area contributed by atoms with Gasteiger partial charge in [0.05, 0.1) is 17.3 Å². The number of aliphatic imine (C=N–C) groups is 1. The van der Waals surface area contributed by atoms with Gasteiger partial charge >= 0.3 is 0 Å². The minimum Gasteiger partial charge on any atom is -0.447 e. The van der Waals surface area contributed by atoms with Gasteiger partial charge in [-0.1, -0.05) is 17.7 Å². The van der Waals surface area contributed by atoms with Gasteiger partial charge in [-0.2, -0.15) is 0 Å². The molecule has 1 aliphatic rings. The van der Waals surface area contributed by atoms with Crippen molar-refractivity contribution in [2.75, 3.05) is 5.32 Å². The number of benzene rings is 2. The van der Waals surface area contributed by atoms with Crippen molar-refractivity contribution in [3.05, 3.63) is 76.8 Å². The average Bonchev–Trinajstić information content (AvgIpc) is 2.71. The lowest BCUT2D eigenvalue weighted by atomic mass is 10.2. The largest absolute Gasteiger partial charge is 0.447 e. The molecule has 2 heterocycles. The van der Waals surface area contributed by atoms with Crippen molar-refractivity contribution in [3.8, 4) is 11.5 Å². The molecule has 1 aromatic heterocycles. The number of anilines is 1. The summed E-state index contributed by atoms with van der Waals surface area (Å²) in [6.45, 7) is -0.308. The molecule has 1 aliphatic heterocycles. The van der Waals surface area contributed by atoms with Crippen LogP contribution in [0.25, 0.3) is 0 Å². The number of sulfonamides is 1. The van der Waals surface area contributed by atoms with Gasteiger partial charge < -0.3 is 10.1 Å². The van der Waals surface area contributed by atoms with Crippen LogP contribution in [0.15, 0.2) is 58.5 Å². The van der Waals surface area contributed by atoms with E-state index < -0.39 is 39.0 Å². The van der Waals surface area contributed by atoms with Gasteiger partial charge in [0.2, 0.25) is 5.96 Å². The lowest BCUT2D eigenvalue weighted by molar-refractivity contribution is 0.415. The Morgan fingerprint density at radius 1 is 1.00 bits per heavy atom. The van der Waals surface area contributed by atoms with Crippen molar-refractivity contribution in [3.63, 3.8) is 0 Å². The second kappa shape index (κ2) is 8.08. The number of hydrogen-bond acceptors (Lipinski definition) is 5. The van der Waals surface area contributed by atoms with Crippen molar-refractivity contribution >= 4 is 33.3 Å². The monoisotopic (exact) mass is 468 g/mol. The fourth-order valence-corrected chi connectivity index (χ4v) is 4.09. The summed E-state index contributed by atoms with van der Waals surface area (Å²) in [5.41, 5.74) is -0.353. The zero-order valence-electron chi connectivity index (χ0n) is 15.4. The second-order valence-electron chi connectivity index (χ2n) is 6.23. The smallest absolute Gasteiger partial charge is 0.266 e. The van der Waals surface area contributed by atoms with Crippen LogP contribution in [0.1, 0.15) is 5.69 Å². The predicted molar refractivity (Wildman–Crippen MR) is 107 cm³/mol. The summed E-state index contributed by atoms with van der Waals surface area (Å²) in [5, 5.41) is 2.44. The Morgan fingerprint density at radius 3 is 2.48 bits per heavy atom. The molecule has 2 N–H and O–H groups in total. The molecule has 0 amide bonds. The third-order valence-corrected chi connectivity index (χ3v) is 5.86.